The average molecular weight is 262 g/mol. The number of amides is 1. The van der Waals surface area contributed by atoms with E-state index in [1.54, 1.807) is 0 Å². The molecule has 5 nitrogen and oxygen atoms in total. The first-order valence-electron chi connectivity index (χ1n) is 5.58. The first kappa shape index (κ1) is 12.5. The van der Waals surface area contributed by atoms with Crippen molar-refractivity contribution in [3.05, 3.63) is 40.4 Å². The van der Waals surface area contributed by atoms with Crippen LogP contribution in [0.3, 0.4) is 0 Å². The molecule has 0 saturated heterocycles. The van der Waals surface area contributed by atoms with E-state index < -0.39 is 0 Å². The van der Waals surface area contributed by atoms with E-state index in [9.17, 15) is 4.79 Å². The zero-order valence-electron chi connectivity index (χ0n) is 10.0. The summed E-state index contributed by atoms with van der Waals surface area (Å²) in [6.45, 7) is 2.45. The van der Waals surface area contributed by atoms with Crippen molar-refractivity contribution >= 4 is 22.4 Å². The van der Waals surface area contributed by atoms with E-state index in [0.717, 1.165) is 10.6 Å². The number of aryl methyl sites for hydroxylation is 1. The van der Waals surface area contributed by atoms with E-state index in [-0.39, 0.29) is 5.91 Å². The second-order valence-electron chi connectivity index (χ2n) is 3.85. The van der Waals surface area contributed by atoms with Crippen molar-refractivity contribution in [1.82, 2.24) is 15.5 Å². The number of hydrogen-bond acceptors (Lipinski definition) is 5. The van der Waals surface area contributed by atoms with Crippen molar-refractivity contribution in [1.29, 1.82) is 0 Å². The molecule has 0 bridgehead atoms. The van der Waals surface area contributed by atoms with Crippen LogP contribution in [0.5, 0.6) is 0 Å². The Morgan fingerprint density at radius 1 is 1.39 bits per heavy atom. The summed E-state index contributed by atoms with van der Waals surface area (Å²) in [6.07, 6.45) is 0.645. The van der Waals surface area contributed by atoms with E-state index >= 15 is 0 Å². The molecule has 0 aliphatic carbocycles. The van der Waals surface area contributed by atoms with Gasteiger partial charge in [-0.05, 0) is 18.6 Å². The molecule has 0 aliphatic heterocycles. The number of nitrogens with one attached hydrogen (secondary N) is 1. The third-order valence-electron chi connectivity index (χ3n) is 2.50. The van der Waals surface area contributed by atoms with Gasteiger partial charge in [0.05, 0.1) is 0 Å². The molecule has 2 aromatic rings. The highest BCUT2D eigenvalue weighted by atomic mass is 32.1. The third kappa shape index (κ3) is 3.04. The number of carbonyl (C=O) groups is 1. The topological polar surface area (TPSA) is 80.9 Å². The van der Waals surface area contributed by atoms with Gasteiger partial charge < -0.3 is 11.1 Å². The number of carbonyl (C=O) groups excluding carboxylic acids is 1. The molecule has 94 valence electrons. The van der Waals surface area contributed by atoms with Crippen LogP contribution in [-0.4, -0.2) is 22.6 Å². The van der Waals surface area contributed by atoms with E-state index in [1.807, 2.05) is 31.2 Å². The first-order valence-corrected chi connectivity index (χ1v) is 6.40. The molecule has 1 heterocycles. The summed E-state index contributed by atoms with van der Waals surface area (Å²) >= 11 is 1.34. The lowest BCUT2D eigenvalue weighted by atomic mass is 10.1. The van der Waals surface area contributed by atoms with Crippen LogP contribution in [-0.2, 0) is 6.42 Å². The lowest BCUT2D eigenvalue weighted by molar-refractivity contribution is 0.0953. The molecule has 0 aliphatic rings. The molecule has 1 aromatic heterocycles. The van der Waals surface area contributed by atoms with Crippen molar-refractivity contribution in [2.45, 2.75) is 13.3 Å². The van der Waals surface area contributed by atoms with Gasteiger partial charge >= 0.3 is 0 Å². The first-order chi connectivity index (χ1) is 8.66. The molecular weight excluding hydrogens is 248 g/mol. The van der Waals surface area contributed by atoms with Crippen LogP contribution in [0, 0.1) is 6.92 Å². The molecule has 0 radical (unpaired) electrons. The quantitative estimate of drug-likeness (QED) is 0.872. The second-order valence-corrected chi connectivity index (χ2v) is 4.95. The van der Waals surface area contributed by atoms with Gasteiger partial charge in [0.1, 0.15) is 5.01 Å². The van der Waals surface area contributed by atoms with Crippen LogP contribution in [0.4, 0.5) is 5.13 Å². The summed E-state index contributed by atoms with van der Waals surface area (Å²) in [5.74, 6) is -0.0643. The van der Waals surface area contributed by atoms with Crippen LogP contribution < -0.4 is 11.1 Å². The average Bonchev–Trinajstić information content (AvgIpc) is 2.75. The van der Waals surface area contributed by atoms with Crippen LogP contribution in [0.2, 0.25) is 0 Å². The van der Waals surface area contributed by atoms with Crippen molar-refractivity contribution in [2.24, 2.45) is 0 Å². The lowest BCUT2D eigenvalue weighted by Gasteiger charge is -2.06. The summed E-state index contributed by atoms with van der Waals surface area (Å²) in [5.41, 5.74) is 7.15. The third-order valence-corrected chi connectivity index (χ3v) is 3.31. The standard InChI is InChI=1S/C12H14N4OS/c1-8-4-2-3-5-9(8)11(17)14-7-6-10-15-16-12(13)18-10/h2-5H,6-7H2,1H3,(H2,13,16)(H,14,17). The Kier molecular flexibility index (Phi) is 3.88. The summed E-state index contributed by atoms with van der Waals surface area (Å²) in [5, 5.41) is 11.8. The molecular formula is C12H14N4OS. The molecule has 1 amide bonds. The summed E-state index contributed by atoms with van der Waals surface area (Å²) in [6, 6.07) is 7.50. The number of rotatable bonds is 4. The number of hydrogen-bond donors (Lipinski definition) is 2. The van der Waals surface area contributed by atoms with Gasteiger partial charge in [-0.15, -0.1) is 10.2 Å². The van der Waals surface area contributed by atoms with Crippen molar-refractivity contribution < 1.29 is 4.79 Å². The Labute approximate surface area is 109 Å². The van der Waals surface area contributed by atoms with Gasteiger partial charge in [0.25, 0.3) is 5.91 Å². The highest BCUT2D eigenvalue weighted by Gasteiger charge is 2.08. The molecule has 0 fully saturated rings. The normalized spacial score (nSPS) is 10.3. The smallest absolute Gasteiger partial charge is 0.251 e. The molecule has 1 aromatic carbocycles. The summed E-state index contributed by atoms with van der Waals surface area (Å²) in [7, 11) is 0. The minimum atomic E-state index is -0.0643. The molecule has 3 N–H and O–H groups in total. The number of nitrogens with two attached hydrogens (primary N) is 1. The van der Waals surface area contributed by atoms with Gasteiger partial charge in [-0.1, -0.05) is 29.5 Å². The van der Waals surface area contributed by atoms with Gasteiger partial charge in [-0.3, -0.25) is 4.79 Å². The Bertz CT molecular complexity index is 553. The van der Waals surface area contributed by atoms with Crippen molar-refractivity contribution in [3.63, 3.8) is 0 Å². The van der Waals surface area contributed by atoms with E-state index in [0.29, 0.717) is 23.7 Å². The predicted octanol–water partition coefficient (Wildman–Crippen LogP) is 1.40. The van der Waals surface area contributed by atoms with Gasteiger partial charge in [0, 0.05) is 18.5 Å². The predicted molar refractivity (Wildman–Crippen MR) is 71.5 cm³/mol. The molecule has 0 saturated carbocycles. The maximum Gasteiger partial charge on any atom is 0.251 e. The van der Waals surface area contributed by atoms with Crippen molar-refractivity contribution in [3.8, 4) is 0 Å². The van der Waals surface area contributed by atoms with Gasteiger partial charge in [-0.2, -0.15) is 0 Å². The van der Waals surface area contributed by atoms with Gasteiger partial charge in [0.15, 0.2) is 0 Å². The summed E-state index contributed by atoms with van der Waals surface area (Å²) < 4.78 is 0. The zero-order valence-corrected chi connectivity index (χ0v) is 10.8. The lowest BCUT2D eigenvalue weighted by Crippen LogP contribution is -2.26. The van der Waals surface area contributed by atoms with Gasteiger partial charge in [-0.25, -0.2) is 0 Å². The zero-order chi connectivity index (χ0) is 13.0. The van der Waals surface area contributed by atoms with Crippen LogP contribution in [0.25, 0.3) is 0 Å². The minimum Gasteiger partial charge on any atom is -0.374 e. The molecule has 2 rings (SSSR count). The second kappa shape index (κ2) is 5.59. The number of anilines is 1. The van der Waals surface area contributed by atoms with Crippen LogP contribution >= 0.6 is 11.3 Å². The number of nitrogen functional groups attached to an aromatic ring is 1. The Balaban J connectivity index is 1.87. The Hall–Kier alpha value is -1.95. The van der Waals surface area contributed by atoms with E-state index in [2.05, 4.69) is 15.5 Å². The molecule has 6 heteroatoms. The van der Waals surface area contributed by atoms with Crippen LogP contribution in [0.1, 0.15) is 20.9 Å². The minimum absolute atomic E-state index is 0.0643. The molecule has 0 atom stereocenters. The number of aromatic nitrogens is 2. The molecule has 0 spiro atoms. The SMILES string of the molecule is Cc1ccccc1C(=O)NCCc1nnc(N)s1. The highest BCUT2D eigenvalue weighted by Crippen LogP contribution is 2.11. The molecule has 18 heavy (non-hydrogen) atoms. The largest absolute Gasteiger partial charge is 0.374 e. The number of benzene rings is 1. The summed E-state index contributed by atoms with van der Waals surface area (Å²) in [4.78, 5) is 11.9. The number of nitrogens with zero attached hydrogens (tertiary/aromatic N) is 2. The maximum atomic E-state index is 11.9. The van der Waals surface area contributed by atoms with Crippen molar-refractivity contribution in [2.75, 3.05) is 12.3 Å². The Morgan fingerprint density at radius 2 is 2.17 bits per heavy atom. The van der Waals surface area contributed by atoms with E-state index in [1.165, 1.54) is 11.3 Å². The molecule has 0 unspecified atom stereocenters. The highest BCUT2D eigenvalue weighted by molar-refractivity contribution is 7.15. The van der Waals surface area contributed by atoms with Crippen LogP contribution in [0.15, 0.2) is 24.3 Å². The monoisotopic (exact) mass is 262 g/mol. The van der Waals surface area contributed by atoms with E-state index in [4.69, 9.17) is 5.73 Å². The fourth-order valence-electron chi connectivity index (χ4n) is 1.57. The fraction of sp³-hybridized carbons (Fsp3) is 0.250. The Morgan fingerprint density at radius 3 is 2.83 bits per heavy atom. The van der Waals surface area contributed by atoms with Gasteiger partial charge in [0.2, 0.25) is 5.13 Å². The fourth-order valence-corrected chi connectivity index (χ4v) is 2.18. The maximum absolute atomic E-state index is 11.9.